The van der Waals surface area contributed by atoms with Gasteiger partial charge in [0.25, 0.3) is 0 Å². The Balaban J connectivity index is 2.32. The van der Waals surface area contributed by atoms with E-state index in [9.17, 15) is 0 Å². The lowest BCUT2D eigenvalue weighted by molar-refractivity contribution is 0.217. The average molecular weight is 134 g/mol. The molecule has 2 heteroatoms. The molecule has 1 heterocycles. The van der Waals surface area contributed by atoms with E-state index in [0.29, 0.717) is 6.73 Å². The second-order valence-corrected chi connectivity index (χ2v) is 2.25. The van der Waals surface area contributed by atoms with E-state index in [2.05, 4.69) is 17.5 Å². The van der Waals surface area contributed by atoms with Crippen molar-refractivity contribution >= 4 is 0 Å². The fourth-order valence-corrected chi connectivity index (χ4v) is 1.07. The highest BCUT2D eigenvalue weighted by atomic mass is 16.5. The molecule has 2 nitrogen and oxygen atoms in total. The van der Waals surface area contributed by atoms with Crippen molar-refractivity contribution in [3.8, 4) is 0 Å². The topological polar surface area (TPSA) is 23.3 Å². The lowest BCUT2D eigenvalue weighted by Gasteiger charge is -2.16. The number of nitrogens with zero attached hydrogens (tertiary/aromatic N) is 1. The summed E-state index contributed by atoms with van der Waals surface area (Å²) in [4.78, 5) is 0. The minimum absolute atomic E-state index is 0.475. The van der Waals surface area contributed by atoms with Crippen LogP contribution in [0.4, 0.5) is 0 Å². The van der Waals surface area contributed by atoms with Crippen LogP contribution in [0.1, 0.15) is 6.42 Å². The zero-order valence-electron chi connectivity index (χ0n) is 5.58. The maximum absolute atomic E-state index is 5.02. The van der Waals surface area contributed by atoms with Gasteiger partial charge in [-0.15, -0.1) is 0 Å². The van der Waals surface area contributed by atoms with Gasteiger partial charge in [0.15, 0.2) is 6.73 Å². The Bertz CT molecular complexity index is 225. The van der Waals surface area contributed by atoms with E-state index < -0.39 is 0 Å². The van der Waals surface area contributed by atoms with Gasteiger partial charge < -0.3 is 4.74 Å². The summed E-state index contributed by atoms with van der Waals surface area (Å²) in [5.41, 5.74) is 2.17. The van der Waals surface area contributed by atoms with Gasteiger partial charge in [0.05, 0.1) is 12.0 Å². The first-order valence-corrected chi connectivity index (χ1v) is 3.33. The van der Waals surface area contributed by atoms with E-state index in [1.165, 1.54) is 0 Å². The SMILES string of the molecule is C1=CC2=COC[N]C2=CC1. The van der Waals surface area contributed by atoms with Crippen LogP contribution in [-0.4, -0.2) is 6.73 Å². The highest BCUT2D eigenvalue weighted by molar-refractivity contribution is 5.41. The molecule has 0 amide bonds. The Morgan fingerprint density at radius 3 is 3.40 bits per heavy atom. The first kappa shape index (κ1) is 5.59. The van der Waals surface area contributed by atoms with Crippen LogP contribution in [0.25, 0.3) is 0 Å². The molecule has 0 N–H and O–H groups in total. The predicted octanol–water partition coefficient (Wildman–Crippen LogP) is 1.31. The van der Waals surface area contributed by atoms with E-state index in [4.69, 9.17) is 4.74 Å². The van der Waals surface area contributed by atoms with Crippen LogP contribution in [0, 0.1) is 0 Å². The van der Waals surface area contributed by atoms with Crippen molar-refractivity contribution in [2.75, 3.05) is 6.73 Å². The lowest BCUT2D eigenvalue weighted by atomic mass is 10.1. The maximum Gasteiger partial charge on any atom is 0.178 e. The largest absolute Gasteiger partial charge is 0.478 e. The lowest BCUT2D eigenvalue weighted by Crippen LogP contribution is -2.15. The van der Waals surface area contributed by atoms with Gasteiger partial charge in [-0.3, -0.25) is 0 Å². The first-order chi connectivity index (χ1) is 4.97. The number of hydrogen-bond acceptors (Lipinski definition) is 1. The van der Waals surface area contributed by atoms with Gasteiger partial charge in [-0.05, 0) is 6.42 Å². The van der Waals surface area contributed by atoms with Crippen LogP contribution in [-0.2, 0) is 4.74 Å². The van der Waals surface area contributed by atoms with E-state index >= 15 is 0 Å². The molecule has 0 saturated carbocycles. The summed E-state index contributed by atoms with van der Waals surface area (Å²) in [7, 11) is 0. The van der Waals surface area contributed by atoms with E-state index in [-0.39, 0.29) is 0 Å². The fourth-order valence-electron chi connectivity index (χ4n) is 1.07. The summed E-state index contributed by atoms with van der Waals surface area (Å²) in [5, 5.41) is 4.17. The van der Waals surface area contributed by atoms with Crippen molar-refractivity contribution in [2.45, 2.75) is 6.42 Å². The van der Waals surface area contributed by atoms with Crippen LogP contribution in [0.3, 0.4) is 0 Å². The molecule has 51 valence electrons. The van der Waals surface area contributed by atoms with Crippen molar-refractivity contribution < 1.29 is 4.74 Å². The minimum atomic E-state index is 0.475. The Morgan fingerprint density at radius 1 is 1.50 bits per heavy atom. The normalized spacial score (nSPS) is 21.6. The Morgan fingerprint density at radius 2 is 2.50 bits per heavy atom. The van der Waals surface area contributed by atoms with Crippen molar-refractivity contribution in [1.29, 1.82) is 0 Å². The molecule has 0 atom stereocenters. The quantitative estimate of drug-likeness (QED) is 0.490. The molecule has 0 saturated heterocycles. The van der Waals surface area contributed by atoms with Crippen LogP contribution in [0.2, 0.25) is 0 Å². The fraction of sp³-hybridized carbons (Fsp3) is 0.250. The summed E-state index contributed by atoms with van der Waals surface area (Å²) in [6, 6.07) is 0. The van der Waals surface area contributed by atoms with Crippen LogP contribution in [0.15, 0.2) is 35.8 Å². The molecule has 2 aliphatic rings. The van der Waals surface area contributed by atoms with E-state index in [0.717, 1.165) is 17.7 Å². The van der Waals surface area contributed by atoms with E-state index in [1.54, 1.807) is 6.26 Å². The molecule has 10 heavy (non-hydrogen) atoms. The molecule has 0 aromatic carbocycles. The third kappa shape index (κ3) is 0.817. The van der Waals surface area contributed by atoms with Gasteiger partial charge >= 0.3 is 0 Å². The molecule has 0 fully saturated rings. The second kappa shape index (κ2) is 2.21. The molecule has 1 aliphatic heterocycles. The Hall–Kier alpha value is -1.18. The summed E-state index contributed by atoms with van der Waals surface area (Å²) in [6.07, 6.45) is 9.00. The Kier molecular flexibility index (Phi) is 1.24. The standard InChI is InChI=1S/C8H8NO/c1-2-4-8-7(3-1)5-10-6-9-8/h1,3-5H,2,6H2. The van der Waals surface area contributed by atoms with E-state index in [1.807, 2.05) is 6.08 Å². The smallest absolute Gasteiger partial charge is 0.178 e. The van der Waals surface area contributed by atoms with Gasteiger partial charge in [0, 0.05) is 5.57 Å². The summed E-state index contributed by atoms with van der Waals surface area (Å²) in [6.45, 7) is 0.475. The van der Waals surface area contributed by atoms with Crippen LogP contribution < -0.4 is 5.32 Å². The van der Waals surface area contributed by atoms with Gasteiger partial charge in [-0.2, -0.15) is 0 Å². The van der Waals surface area contributed by atoms with Crippen molar-refractivity contribution in [1.82, 2.24) is 5.32 Å². The molecular formula is C8H8NO. The summed E-state index contributed by atoms with van der Waals surface area (Å²) >= 11 is 0. The summed E-state index contributed by atoms with van der Waals surface area (Å²) in [5.74, 6) is 0. The molecule has 1 radical (unpaired) electrons. The Labute approximate surface area is 59.9 Å². The van der Waals surface area contributed by atoms with Gasteiger partial charge in [0.2, 0.25) is 0 Å². The number of ether oxygens (including phenoxy) is 1. The third-order valence-electron chi connectivity index (χ3n) is 1.56. The zero-order valence-corrected chi connectivity index (χ0v) is 5.58. The van der Waals surface area contributed by atoms with Gasteiger partial charge in [0.1, 0.15) is 0 Å². The van der Waals surface area contributed by atoms with Crippen LogP contribution in [0.5, 0.6) is 0 Å². The van der Waals surface area contributed by atoms with Gasteiger partial charge in [-0.25, -0.2) is 5.32 Å². The van der Waals surface area contributed by atoms with Crippen molar-refractivity contribution in [3.63, 3.8) is 0 Å². The van der Waals surface area contributed by atoms with Crippen LogP contribution >= 0.6 is 0 Å². The third-order valence-corrected chi connectivity index (χ3v) is 1.56. The van der Waals surface area contributed by atoms with Crippen molar-refractivity contribution in [2.24, 2.45) is 0 Å². The minimum Gasteiger partial charge on any atom is -0.478 e. The van der Waals surface area contributed by atoms with Gasteiger partial charge in [-0.1, -0.05) is 18.2 Å². The number of allylic oxidation sites excluding steroid dienone is 3. The van der Waals surface area contributed by atoms with Crippen molar-refractivity contribution in [3.05, 3.63) is 35.8 Å². The molecule has 0 spiro atoms. The number of rotatable bonds is 0. The molecule has 0 bridgehead atoms. The molecule has 0 aromatic heterocycles. The molecular weight excluding hydrogens is 126 g/mol. The molecule has 0 aromatic rings. The zero-order chi connectivity index (χ0) is 6.81. The number of fused-ring (bicyclic) bond motifs is 1. The monoisotopic (exact) mass is 134 g/mol. The summed E-state index contributed by atoms with van der Waals surface area (Å²) < 4.78 is 5.02. The highest BCUT2D eigenvalue weighted by Gasteiger charge is 2.10. The average Bonchev–Trinajstić information content (AvgIpc) is 2.05. The molecule has 1 aliphatic carbocycles. The highest BCUT2D eigenvalue weighted by Crippen LogP contribution is 2.18. The maximum atomic E-state index is 5.02. The molecule has 2 rings (SSSR count). The molecule has 0 unspecified atom stereocenters. The second-order valence-electron chi connectivity index (χ2n) is 2.25. The first-order valence-electron chi connectivity index (χ1n) is 3.33. The number of hydrogen-bond donors (Lipinski definition) is 0. The predicted molar refractivity (Wildman–Crippen MR) is 38.0 cm³/mol.